The first-order valence-electron chi connectivity index (χ1n) is 5.03. The van der Waals surface area contributed by atoms with Crippen molar-refractivity contribution in [2.45, 2.75) is 26.9 Å². The lowest BCUT2D eigenvalue weighted by Gasteiger charge is -2.00. The van der Waals surface area contributed by atoms with E-state index in [9.17, 15) is 0 Å². The molecule has 0 aromatic carbocycles. The van der Waals surface area contributed by atoms with E-state index in [-0.39, 0.29) is 0 Å². The molecule has 3 nitrogen and oxygen atoms in total. The maximum atomic E-state index is 5.68. The molecule has 0 saturated heterocycles. The Labute approximate surface area is 103 Å². The molecule has 16 heavy (non-hydrogen) atoms. The standard InChI is InChI=1S/C11H13ClN2OS/c1-7-10(14-8(2)16-7)6-13-5-9-3-4-11(12)15-9/h3-4,13H,5-6H2,1-2H3. The van der Waals surface area contributed by atoms with Crippen LogP contribution in [0.25, 0.3) is 0 Å². The predicted molar refractivity (Wildman–Crippen MR) is 65.8 cm³/mol. The second kappa shape index (κ2) is 4.99. The number of aryl methyl sites for hydroxylation is 2. The van der Waals surface area contributed by atoms with Crippen LogP contribution in [-0.2, 0) is 13.1 Å². The maximum Gasteiger partial charge on any atom is 0.193 e. The van der Waals surface area contributed by atoms with Crippen LogP contribution in [0.4, 0.5) is 0 Å². The summed E-state index contributed by atoms with van der Waals surface area (Å²) < 4.78 is 5.24. The zero-order valence-electron chi connectivity index (χ0n) is 9.21. The van der Waals surface area contributed by atoms with Crippen LogP contribution in [-0.4, -0.2) is 4.98 Å². The number of hydrogen-bond acceptors (Lipinski definition) is 4. The van der Waals surface area contributed by atoms with Gasteiger partial charge in [0.1, 0.15) is 5.76 Å². The van der Waals surface area contributed by atoms with Crippen LogP contribution in [0, 0.1) is 13.8 Å². The van der Waals surface area contributed by atoms with E-state index < -0.39 is 0 Å². The van der Waals surface area contributed by atoms with Crippen LogP contribution in [0.1, 0.15) is 21.3 Å². The van der Waals surface area contributed by atoms with Gasteiger partial charge in [0.2, 0.25) is 0 Å². The molecule has 2 aromatic heterocycles. The Kier molecular flexibility index (Phi) is 3.63. The molecular weight excluding hydrogens is 244 g/mol. The van der Waals surface area contributed by atoms with Crippen molar-refractivity contribution < 1.29 is 4.42 Å². The highest BCUT2D eigenvalue weighted by Gasteiger charge is 2.05. The van der Waals surface area contributed by atoms with Gasteiger partial charge in [-0.15, -0.1) is 11.3 Å². The van der Waals surface area contributed by atoms with Crippen LogP contribution in [0.2, 0.25) is 5.22 Å². The fraction of sp³-hybridized carbons (Fsp3) is 0.364. The Morgan fingerprint density at radius 1 is 1.38 bits per heavy atom. The van der Waals surface area contributed by atoms with Crippen molar-refractivity contribution in [1.82, 2.24) is 10.3 Å². The van der Waals surface area contributed by atoms with Crippen molar-refractivity contribution in [3.8, 4) is 0 Å². The fourth-order valence-corrected chi connectivity index (χ4v) is 2.48. The molecule has 0 aliphatic heterocycles. The lowest BCUT2D eigenvalue weighted by molar-refractivity contribution is 0.483. The third kappa shape index (κ3) is 2.84. The zero-order valence-corrected chi connectivity index (χ0v) is 10.8. The smallest absolute Gasteiger partial charge is 0.193 e. The molecule has 0 spiro atoms. The van der Waals surface area contributed by atoms with Crippen molar-refractivity contribution >= 4 is 22.9 Å². The van der Waals surface area contributed by atoms with Gasteiger partial charge in [0.25, 0.3) is 0 Å². The van der Waals surface area contributed by atoms with Gasteiger partial charge in [-0.3, -0.25) is 0 Å². The third-order valence-electron chi connectivity index (χ3n) is 2.22. The SMILES string of the molecule is Cc1nc(CNCc2ccc(Cl)o2)c(C)s1. The second-order valence-electron chi connectivity index (χ2n) is 3.55. The molecule has 0 aliphatic rings. The highest BCUT2D eigenvalue weighted by Crippen LogP contribution is 2.16. The second-order valence-corrected chi connectivity index (χ2v) is 5.32. The van der Waals surface area contributed by atoms with E-state index in [0.29, 0.717) is 11.8 Å². The summed E-state index contributed by atoms with van der Waals surface area (Å²) in [7, 11) is 0. The van der Waals surface area contributed by atoms with Crippen LogP contribution >= 0.6 is 22.9 Å². The third-order valence-corrected chi connectivity index (χ3v) is 3.35. The number of nitrogens with zero attached hydrogens (tertiary/aromatic N) is 1. The first-order chi connectivity index (χ1) is 7.65. The summed E-state index contributed by atoms with van der Waals surface area (Å²) in [5.74, 6) is 0.842. The highest BCUT2D eigenvalue weighted by atomic mass is 35.5. The minimum atomic E-state index is 0.428. The van der Waals surface area contributed by atoms with Crippen LogP contribution in [0.5, 0.6) is 0 Å². The summed E-state index contributed by atoms with van der Waals surface area (Å²) in [6, 6.07) is 3.62. The molecule has 0 bridgehead atoms. The minimum absolute atomic E-state index is 0.428. The summed E-state index contributed by atoms with van der Waals surface area (Å²) in [6.45, 7) is 5.54. The van der Waals surface area contributed by atoms with Gasteiger partial charge in [0.15, 0.2) is 5.22 Å². The minimum Gasteiger partial charge on any atom is -0.448 e. The Bertz CT molecular complexity index is 478. The molecule has 2 heterocycles. The van der Waals surface area contributed by atoms with E-state index in [1.165, 1.54) is 4.88 Å². The quantitative estimate of drug-likeness (QED) is 0.912. The van der Waals surface area contributed by atoms with Gasteiger partial charge < -0.3 is 9.73 Å². The van der Waals surface area contributed by atoms with E-state index in [1.54, 1.807) is 17.4 Å². The van der Waals surface area contributed by atoms with E-state index in [0.717, 1.165) is 23.0 Å². The number of aromatic nitrogens is 1. The average molecular weight is 257 g/mol. The van der Waals surface area contributed by atoms with Gasteiger partial charge in [0, 0.05) is 11.4 Å². The molecule has 2 aromatic rings. The molecule has 0 aliphatic carbocycles. The van der Waals surface area contributed by atoms with E-state index in [4.69, 9.17) is 16.0 Å². The van der Waals surface area contributed by atoms with Gasteiger partial charge in [0.05, 0.1) is 17.2 Å². The topological polar surface area (TPSA) is 38.1 Å². The number of nitrogens with one attached hydrogen (secondary N) is 1. The molecule has 1 N–H and O–H groups in total. The van der Waals surface area contributed by atoms with Crippen LogP contribution in [0.3, 0.4) is 0 Å². The summed E-state index contributed by atoms with van der Waals surface area (Å²) in [4.78, 5) is 5.71. The Balaban J connectivity index is 1.86. The molecule has 0 unspecified atom stereocenters. The summed E-state index contributed by atoms with van der Waals surface area (Å²) >= 11 is 7.40. The Hall–Kier alpha value is -0.840. The normalized spacial score (nSPS) is 10.9. The fourth-order valence-electron chi connectivity index (χ4n) is 1.49. The number of furan rings is 1. The van der Waals surface area contributed by atoms with Crippen molar-refractivity contribution in [2.75, 3.05) is 0 Å². The molecule has 0 radical (unpaired) electrons. The predicted octanol–water partition coefficient (Wildman–Crippen LogP) is 3.30. The summed E-state index contributed by atoms with van der Waals surface area (Å²) in [5.41, 5.74) is 1.11. The van der Waals surface area contributed by atoms with Gasteiger partial charge in [-0.05, 0) is 37.6 Å². The van der Waals surface area contributed by atoms with Gasteiger partial charge in [-0.2, -0.15) is 0 Å². The van der Waals surface area contributed by atoms with Gasteiger partial charge >= 0.3 is 0 Å². The largest absolute Gasteiger partial charge is 0.448 e. The van der Waals surface area contributed by atoms with Crippen molar-refractivity contribution in [2.24, 2.45) is 0 Å². The lowest BCUT2D eigenvalue weighted by atomic mass is 10.3. The van der Waals surface area contributed by atoms with Crippen molar-refractivity contribution in [3.63, 3.8) is 0 Å². The molecule has 5 heteroatoms. The molecule has 86 valence electrons. The van der Waals surface area contributed by atoms with Crippen LogP contribution < -0.4 is 5.32 Å². The Morgan fingerprint density at radius 3 is 2.75 bits per heavy atom. The number of hydrogen-bond donors (Lipinski definition) is 1. The lowest BCUT2D eigenvalue weighted by Crippen LogP contribution is -2.13. The highest BCUT2D eigenvalue weighted by molar-refractivity contribution is 7.11. The van der Waals surface area contributed by atoms with Crippen molar-refractivity contribution in [3.05, 3.63) is 38.7 Å². The number of halogens is 1. The van der Waals surface area contributed by atoms with Crippen molar-refractivity contribution in [1.29, 1.82) is 0 Å². The Morgan fingerprint density at radius 2 is 2.19 bits per heavy atom. The number of thiazole rings is 1. The number of rotatable bonds is 4. The molecule has 0 amide bonds. The first-order valence-corrected chi connectivity index (χ1v) is 6.22. The van der Waals surface area contributed by atoms with E-state index in [2.05, 4.69) is 17.2 Å². The summed E-state index contributed by atoms with van der Waals surface area (Å²) in [5, 5.41) is 4.81. The van der Waals surface area contributed by atoms with Crippen LogP contribution in [0.15, 0.2) is 16.5 Å². The molecular formula is C11H13ClN2OS. The molecule has 0 atom stereocenters. The zero-order chi connectivity index (χ0) is 11.5. The monoisotopic (exact) mass is 256 g/mol. The van der Waals surface area contributed by atoms with E-state index >= 15 is 0 Å². The maximum absolute atomic E-state index is 5.68. The molecule has 0 saturated carbocycles. The van der Waals surface area contributed by atoms with Gasteiger partial charge in [-0.25, -0.2) is 4.98 Å². The first kappa shape index (κ1) is 11.6. The molecule has 0 fully saturated rings. The molecule has 2 rings (SSSR count). The van der Waals surface area contributed by atoms with Gasteiger partial charge in [-0.1, -0.05) is 0 Å². The average Bonchev–Trinajstić information content (AvgIpc) is 2.74. The summed E-state index contributed by atoms with van der Waals surface area (Å²) in [6.07, 6.45) is 0. The van der Waals surface area contributed by atoms with E-state index in [1.807, 2.05) is 13.0 Å².